The maximum atomic E-state index is 12.8. The van der Waals surface area contributed by atoms with Gasteiger partial charge < -0.3 is 26.0 Å². The first-order valence-corrected chi connectivity index (χ1v) is 12.2. The van der Waals surface area contributed by atoms with Crippen LogP contribution in [0.15, 0.2) is 42.5 Å². The molecule has 2 aliphatic rings. The van der Waals surface area contributed by atoms with Crippen molar-refractivity contribution in [1.82, 2.24) is 5.32 Å². The van der Waals surface area contributed by atoms with Crippen LogP contribution in [0.25, 0.3) is 10.8 Å². The highest BCUT2D eigenvalue weighted by Gasteiger charge is 2.58. The van der Waals surface area contributed by atoms with Crippen LogP contribution in [0.1, 0.15) is 46.0 Å². The van der Waals surface area contributed by atoms with Crippen LogP contribution in [-0.2, 0) is 4.79 Å². The van der Waals surface area contributed by atoms with E-state index in [1.165, 1.54) is 5.39 Å². The molecule has 0 heterocycles. The molecule has 5 N–H and O–H groups in total. The second kappa shape index (κ2) is 9.61. The first-order chi connectivity index (χ1) is 15.8. The molecule has 0 saturated heterocycles. The third-order valence-electron chi connectivity index (χ3n) is 8.67. The van der Waals surface area contributed by atoms with Gasteiger partial charge in [-0.15, -0.1) is 0 Å². The third-order valence-corrected chi connectivity index (χ3v) is 8.67. The van der Waals surface area contributed by atoms with Gasteiger partial charge in [0, 0.05) is 36.0 Å². The number of hydrogen-bond donors (Lipinski definition) is 5. The van der Waals surface area contributed by atoms with E-state index in [0.717, 1.165) is 23.9 Å². The topological polar surface area (TPSA) is 102 Å². The minimum Gasteiger partial charge on any atom is -0.396 e. The van der Waals surface area contributed by atoms with E-state index in [4.69, 9.17) is 0 Å². The highest BCUT2D eigenvalue weighted by molar-refractivity contribution is 5.93. The van der Waals surface area contributed by atoms with Crippen molar-refractivity contribution in [3.8, 4) is 0 Å². The van der Waals surface area contributed by atoms with Crippen molar-refractivity contribution in [2.45, 2.75) is 58.2 Å². The van der Waals surface area contributed by atoms with Crippen LogP contribution in [0, 0.1) is 22.7 Å². The number of carbonyl (C=O) groups excluding carboxylic acids is 1. The second-order valence-corrected chi connectivity index (χ2v) is 10.5. The Morgan fingerprint density at radius 3 is 2.58 bits per heavy atom. The van der Waals surface area contributed by atoms with Gasteiger partial charge in [0.2, 0.25) is 5.91 Å². The quantitative estimate of drug-likeness (QED) is 0.413. The molecule has 6 unspecified atom stereocenters. The third kappa shape index (κ3) is 4.48. The molecule has 0 radical (unpaired) electrons. The number of nitrogens with one attached hydrogen (secondary N) is 2. The van der Waals surface area contributed by atoms with Crippen molar-refractivity contribution >= 4 is 22.4 Å². The number of aliphatic hydroxyl groups is 3. The smallest absolute Gasteiger partial charge is 0.220 e. The number of fused-ring (bicyclic) bond motifs is 2. The molecule has 0 aromatic heterocycles. The van der Waals surface area contributed by atoms with E-state index in [0.29, 0.717) is 25.9 Å². The Kier molecular flexibility index (Phi) is 6.99. The zero-order valence-corrected chi connectivity index (χ0v) is 19.8. The Hall–Kier alpha value is -2.15. The zero-order valence-electron chi connectivity index (χ0n) is 19.8. The molecule has 180 valence electrons. The van der Waals surface area contributed by atoms with Crippen LogP contribution in [0.3, 0.4) is 0 Å². The van der Waals surface area contributed by atoms with Gasteiger partial charge in [-0.2, -0.15) is 0 Å². The largest absolute Gasteiger partial charge is 0.396 e. The highest BCUT2D eigenvalue weighted by Crippen LogP contribution is 2.60. The lowest BCUT2D eigenvalue weighted by Crippen LogP contribution is -2.60. The fraction of sp³-hybridized carbons (Fsp3) is 0.593. The van der Waals surface area contributed by atoms with E-state index in [-0.39, 0.29) is 36.2 Å². The van der Waals surface area contributed by atoms with Crippen LogP contribution < -0.4 is 10.6 Å². The molecule has 6 heteroatoms. The Balaban J connectivity index is 1.35. The Bertz CT molecular complexity index is 976. The first-order valence-electron chi connectivity index (χ1n) is 12.2. The van der Waals surface area contributed by atoms with E-state index in [9.17, 15) is 20.1 Å². The van der Waals surface area contributed by atoms with Crippen LogP contribution in [-0.4, -0.2) is 53.1 Å². The maximum absolute atomic E-state index is 12.8. The van der Waals surface area contributed by atoms with Crippen molar-refractivity contribution < 1.29 is 20.1 Å². The van der Waals surface area contributed by atoms with Crippen LogP contribution in [0.2, 0.25) is 0 Å². The predicted octanol–water partition coefficient (Wildman–Crippen LogP) is 3.30. The van der Waals surface area contributed by atoms with Crippen molar-refractivity contribution in [3.05, 3.63) is 42.5 Å². The van der Waals surface area contributed by atoms with Crippen molar-refractivity contribution in [2.75, 3.05) is 25.0 Å². The molecule has 6 atom stereocenters. The van der Waals surface area contributed by atoms with Gasteiger partial charge in [-0.1, -0.05) is 50.2 Å². The number of amides is 1. The van der Waals surface area contributed by atoms with Crippen molar-refractivity contribution in [1.29, 1.82) is 0 Å². The van der Waals surface area contributed by atoms with Crippen LogP contribution in [0.4, 0.5) is 5.69 Å². The van der Waals surface area contributed by atoms with Crippen LogP contribution in [0.5, 0.6) is 0 Å². The summed E-state index contributed by atoms with van der Waals surface area (Å²) >= 11 is 0. The second-order valence-electron chi connectivity index (χ2n) is 10.5. The lowest BCUT2D eigenvalue weighted by molar-refractivity contribution is -0.185. The summed E-state index contributed by atoms with van der Waals surface area (Å²) in [4.78, 5) is 12.8. The van der Waals surface area contributed by atoms with Gasteiger partial charge in [-0.25, -0.2) is 0 Å². The lowest BCUT2D eigenvalue weighted by Gasteiger charge is -2.60. The summed E-state index contributed by atoms with van der Waals surface area (Å²) in [5.74, 6) is -0.161. The molecular weight excluding hydrogens is 416 g/mol. The van der Waals surface area contributed by atoms with Gasteiger partial charge in [0.25, 0.3) is 0 Å². The van der Waals surface area contributed by atoms with E-state index >= 15 is 0 Å². The van der Waals surface area contributed by atoms with Crippen LogP contribution >= 0.6 is 0 Å². The van der Waals surface area contributed by atoms with Gasteiger partial charge >= 0.3 is 0 Å². The molecule has 0 spiro atoms. The fourth-order valence-electron chi connectivity index (χ4n) is 6.65. The van der Waals surface area contributed by atoms with Crippen molar-refractivity contribution in [2.24, 2.45) is 22.7 Å². The van der Waals surface area contributed by atoms with Gasteiger partial charge in [0.1, 0.15) is 0 Å². The molecule has 4 rings (SSSR count). The van der Waals surface area contributed by atoms with Crippen molar-refractivity contribution in [3.63, 3.8) is 0 Å². The summed E-state index contributed by atoms with van der Waals surface area (Å²) in [5, 5.41) is 40.3. The first kappa shape index (κ1) is 24.0. The van der Waals surface area contributed by atoms with Gasteiger partial charge in [-0.3, -0.25) is 4.79 Å². The molecule has 6 nitrogen and oxygen atoms in total. The van der Waals surface area contributed by atoms with E-state index < -0.39 is 17.6 Å². The summed E-state index contributed by atoms with van der Waals surface area (Å²) in [7, 11) is 0. The van der Waals surface area contributed by atoms with Gasteiger partial charge in [0.05, 0.1) is 18.8 Å². The molecule has 2 aromatic carbocycles. The molecule has 2 aliphatic carbocycles. The molecule has 2 fully saturated rings. The number of hydrogen-bond acceptors (Lipinski definition) is 5. The number of aliphatic hydroxyl groups excluding tert-OH is 3. The Morgan fingerprint density at radius 1 is 1.03 bits per heavy atom. The Morgan fingerprint density at radius 2 is 1.79 bits per heavy atom. The normalized spacial score (nSPS) is 34.0. The predicted molar refractivity (Wildman–Crippen MR) is 131 cm³/mol. The van der Waals surface area contributed by atoms with Gasteiger partial charge in [-0.05, 0) is 54.4 Å². The summed E-state index contributed by atoms with van der Waals surface area (Å²) in [6.07, 6.45) is 1.88. The number of rotatable bonds is 7. The lowest BCUT2D eigenvalue weighted by atomic mass is 9.46. The average molecular weight is 455 g/mol. The molecule has 2 saturated carbocycles. The summed E-state index contributed by atoms with van der Waals surface area (Å²) in [6.45, 7) is 5.12. The molecule has 2 aromatic rings. The highest BCUT2D eigenvalue weighted by atomic mass is 16.3. The van der Waals surface area contributed by atoms with E-state index in [1.807, 2.05) is 31.2 Å². The minimum absolute atomic E-state index is 0.0579. The van der Waals surface area contributed by atoms with Gasteiger partial charge in [0.15, 0.2) is 0 Å². The maximum Gasteiger partial charge on any atom is 0.220 e. The zero-order chi connectivity index (χ0) is 23.6. The number of benzene rings is 2. The summed E-state index contributed by atoms with van der Waals surface area (Å²) in [5.41, 5.74) is 0.168. The minimum atomic E-state index is -0.593. The molecule has 1 amide bonds. The standard InChI is InChI=1S/C27H38N2O4/c1-26-13-12-24(32)27(2,17-30)23(26)11-10-22(31)20(26)16-25(33)29-15-14-28-21-9-5-7-18-6-3-4-8-19(18)21/h3-9,20,22-24,28,30-32H,10-17H2,1-2H3,(H,29,33). The SMILES string of the molecule is CC1(CO)C(O)CCC2(C)C(CC(=O)NCCNc3cccc4ccccc34)C(O)CCC12. The monoisotopic (exact) mass is 454 g/mol. The average Bonchev–Trinajstić information content (AvgIpc) is 2.82. The summed E-state index contributed by atoms with van der Waals surface area (Å²) < 4.78 is 0. The molecule has 0 aliphatic heterocycles. The molecule has 33 heavy (non-hydrogen) atoms. The van der Waals surface area contributed by atoms with E-state index in [1.54, 1.807) is 0 Å². The number of anilines is 1. The molecule has 0 bridgehead atoms. The number of carbonyl (C=O) groups is 1. The fourth-order valence-corrected chi connectivity index (χ4v) is 6.65. The Labute approximate surface area is 196 Å². The summed E-state index contributed by atoms with van der Waals surface area (Å²) in [6, 6.07) is 14.3. The van der Waals surface area contributed by atoms with E-state index in [2.05, 4.69) is 35.8 Å². The molecular formula is C27H38N2O4.